The molecule has 4 heterocycles. The van der Waals surface area contributed by atoms with Crippen molar-refractivity contribution in [3.63, 3.8) is 0 Å². The van der Waals surface area contributed by atoms with E-state index in [1.165, 1.54) is 6.26 Å². The summed E-state index contributed by atoms with van der Waals surface area (Å²) in [6, 6.07) is 13.6. The molecule has 3 aromatic rings. The smallest absolute Gasteiger partial charge is 0.290 e. The van der Waals surface area contributed by atoms with Gasteiger partial charge in [0.15, 0.2) is 11.5 Å². The standard InChI is InChI=1S/C26H26N2O5/c1-17-8-2-3-9-18(17)23-22(24(29)21-11-7-15-33-21)25(30)26(31)28(23)16-19(20-10-6-14-32-20)27-12-4-5-13-27/h2-3,6-11,14-15,19,23,30H,4-5,12-13,16H2,1H3. The van der Waals surface area contributed by atoms with Crippen molar-refractivity contribution in [3.8, 4) is 0 Å². The van der Waals surface area contributed by atoms with Crippen LogP contribution < -0.4 is 0 Å². The molecule has 1 fully saturated rings. The molecule has 2 aliphatic heterocycles. The zero-order valence-corrected chi connectivity index (χ0v) is 18.4. The van der Waals surface area contributed by atoms with E-state index >= 15 is 0 Å². The maximum Gasteiger partial charge on any atom is 0.290 e. The number of ketones is 1. The first-order chi connectivity index (χ1) is 16.1. The number of carbonyl (C=O) groups excluding carboxylic acids is 2. The molecule has 0 radical (unpaired) electrons. The largest absolute Gasteiger partial charge is 0.503 e. The normalized spacial score (nSPS) is 20.1. The highest BCUT2D eigenvalue weighted by atomic mass is 16.3. The Bertz CT molecular complexity index is 1170. The third-order valence-electron chi connectivity index (χ3n) is 6.60. The summed E-state index contributed by atoms with van der Waals surface area (Å²) in [5.74, 6) is -0.721. The third kappa shape index (κ3) is 3.78. The fourth-order valence-corrected chi connectivity index (χ4v) is 4.94. The lowest BCUT2D eigenvalue weighted by Gasteiger charge is -2.34. The highest BCUT2D eigenvalue weighted by molar-refractivity contribution is 6.15. The van der Waals surface area contributed by atoms with Gasteiger partial charge in [0.25, 0.3) is 5.91 Å². The quantitative estimate of drug-likeness (QED) is 0.534. The lowest BCUT2D eigenvalue weighted by Crippen LogP contribution is -2.40. The minimum atomic E-state index is -0.726. The molecule has 2 aromatic heterocycles. The van der Waals surface area contributed by atoms with Crippen LogP contribution in [0.2, 0.25) is 0 Å². The number of likely N-dealkylation sites (tertiary alicyclic amines) is 1. The van der Waals surface area contributed by atoms with Gasteiger partial charge in [0.2, 0.25) is 5.78 Å². The van der Waals surface area contributed by atoms with E-state index in [0.29, 0.717) is 0 Å². The summed E-state index contributed by atoms with van der Waals surface area (Å²) in [5, 5.41) is 10.9. The second-order valence-corrected chi connectivity index (χ2v) is 8.56. The molecule has 33 heavy (non-hydrogen) atoms. The molecule has 2 unspecified atom stereocenters. The highest BCUT2D eigenvalue weighted by Gasteiger charge is 2.46. The lowest BCUT2D eigenvalue weighted by atomic mass is 9.92. The van der Waals surface area contributed by atoms with Crippen LogP contribution in [0.4, 0.5) is 0 Å². The van der Waals surface area contributed by atoms with E-state index in [4.69, 9.17) is 8.83 Å². The molecule has 0 spiro atoms. The summed E-state index contributed by atoms with van der Waals surface area (Å²) in [7, 11) is 0. The number of furan rings is 2. The number of hydrogen-bond donors (Lipinski definition) is 1. The van der Waals surface area contributed by atoms with Gasteiger partial charge in [0.05, 0.1) is 30.2 Å². The van der Waals surface area contributed by atoms with Crippen LogP contribution in [-0.2, 0) is 4.79 Å². The second kappa shape index (κ2) is 8.75. The van der Waals surface area contributed by atoms with Crippen molar-refractivity contribution in [2.24, 2.45) is 0 Å². The molecular formula is C26H26N2O5. The van der Waals surface area contributed by atoms with Gasteiger partial charge in [-0.05, 0) is 68.2 Å². The monoisotopic (exact) mass is 446 g/mol. The van der Waals surface area contributed by atoms with Gasteiger partial charge < -0.3 is 18.8 Å². The van der Waals surface area contributed by atoms with Crippen molar-refractivity contribution >= 4 is 11.7 Å². The van der Waals surface area contributed by atoms with Crippen LogP contribution in [0.1, 0.15) is 52.4 Å². The average molecular weight is 447 g/mol. The van der Waals surface area contributed by atoms with Crippen LogP contribution in [0.25, 0.3) is 0 Å². The van der Waals surface area contributed by atoms with Gasteiger partial charge in [-0.3, -0.25) is 14.5 Å². The zero-order valence-electron chi connectivity index (χ0n) is 18.4. The Kier molecular flexibility index (Phi) is 5.64. The number of amides is 1. The van der Waals surface area contributed by atoms with Crippen molar-refractivity contribution in [1.82, 2.24) is 9.80 Å². The summed E-state index contributed by atoms with van der Waals surface area (Å²) in [4.78, 5) is 30.6. The molecule has 0 aliphatic carbocycles. The van der Waals surface area contributed by atoms with Crippen LogP contribution in [0, 0.1) is 6.92 Å². The predicted octanol–water partition coefficient (Wildman–Crippen LogP) is 4.60. The van der Waals surface area contributed by atoms with Gasteiger partial charge in [0, 0.05) is 6.54 Å². The lowest BCUT2D eigenvalue weighted by molar-refractivity contribution is -0.130. The Morgan fingerprint density at radius 1 is 1.06 bits per heavy atom. The van der Waals surface area contributed by atoms with Crippen LogP contribution >= 0.6 is 0 Å². The van der Waals surface area contributed by atoms with E-state index in [1.54, 1.807) is 23.3 Å². The van der Waals surface area contributed by atoms with Gasteiger partial charge in [-0.1, -0.05) is 24.3 Å². The van der Waals surface area contributed by atoms with Crippen molar-refractivity contribution in [3.05, 3.63) is 95.0 Å². The minimum Gasteiger partial charge on any atom is -0.503 e. The number of aliphatic hydroxyl groups excluding tert-OH is 1. The molecule has 1 saturated heterocycles. The predicted molar refractivity (Wildman–Crippen MR) is 121 cm³/mol. The van der Waals surface area contributed by atoms with Gasteiger partial charge in [-0.15, -0.1) is 0 Å². The number of aryl methyl sites for hydroxylation is 1. The van der Waals surface area contributed by atoms with E-state index in [1.807, 2.05) is 43.3 Å². The number of hydrogen-bond acceptors (Lipinski definition) is 6. The van der Waals surface area contributed by atoms with Crippen molar-refractivity contribution in [2.45, 2.75) is 31.8 Å². The summed E-state index contributed by atoms with van der Waals surface area (Å²) in [5.41, 5.74) is 1.77. The number of nitrogens with zero attached hydrogens (tertiary/aromatic N) is 2. The van der Waals surface area contributed by atoms with Crippen LogP contribution in [-0.4, -0.2) is 46.2 Å². The molecular weight excluding hydrogens is 420 g/mol. The Morgan fingerprint density at radius 2 is 1.79 bits per heavy atom. The molecule has 7 nitrogen and oxygen atoms in total. The van der Waals surface area contributed by atoms with Crippen molar-refractivity contribution in [2.75, 3.05) is 19.6 Å². The first-order valence-electron chi connectivity index (χ1n) is 11.2. The highest BCUT2D eigenvalue weighted by Crippen LogP contribution is 2.42. The third-order valence-corrected chi connectivity index (χ3v) is 6.60. The summed E-state index contributed by atoms with van der Waals surface area (Å²) in [6.07, 6.45) is 5.20. The number of Topliss-reactive ketones (excluding diaryl/α,β-unsaturated/α-hetero) is 1. The summed E-state index contributed by atoms with van der Waals surface area (Å²) < 4.78 is 11.1. The Labute approximate surface area is 191 Å². The van der Waals surface area contributed by atoms with E-state index < -0.39 is 23.5 Å². The average Bonchev–Trinajstić information content (AvgIpc) is 3.62. The van der Waals surface area contributed by atoms with E-state index in [2.05, 4.69) is 4.90 Å². The molecule has 170 valence electrons. The van der Waals surface area contributed by atoms with Gasteiger partial charge >= 0.3 is 0 Å². The van der Waals surface area contributed by atoms with Crippen LogP contribution in [0.5, 0.6) is 0 Å². The zero-order chi connectivity index (χ0) is 22.9. The van der Waals surface area contributed by atoms with Gasteiger partial charge in [-0.2, -0.15) is 0 Å². The van der Waals surface area contributed by atoms with Crippen molar-refractivity contribution < 1.29 is 23.5 Å². The first kappa shape index (κ1) is 21.3. The topological polar surface area (TPSA) is 87.1 Å². The Morgan fingerprint density at radius 3 is 2.45 bits per heavy atom. The molecule has 1 amide bonds. The van der Waals surface area contributed by atoms with E-state index in [0.717, 1.165) is 42.8 Å². The molecule has 0 saturated carbocycles. The molecule has 1 N–H and O–H groups in total. The fourth-order valence-electron chi connectivity index (χ4n) is 4.94. The Hall–Kier alpha value is -3.58. The fraction of sp³-hybridized carbons (Fsp3) is 0.308. The van der Waals surface area contributed by atoms with Gasteiger partial charge in [0.1, 0.15) is 5.76 Å². The number of benzene rings is 1. The molecule has 2 aliphatic rings. The molecule has 1 aromatic carbocycles. The maximum atomic E-state index is 13.4. The number of rotatable bonds is 7. The summed E-state index contributed by atoms with van der Waals surface area (Å²) >= 11 is 0. The SMILES string of the molecule is Cc1ccccc1C1C(C(=O)c2ccco2)=C(O)C(=O)N1CC(c1ccco1)N1CCCC1. The van der Waals surface area contributed by atoms with Crippen LogP contribution in [0.3, 0.4) is 0 Å². The van der Waals surface area contributed by atoms with Crippen molar-refractivity contribution in [1.29, 1.82) is 0 Å². The molecule has 7 heteroatoms. The number of carbonyl (C=O) groups is 2. The summed E-state index contributed by atoms with van der Waals surface area (Å²) in [6.45, 7) is 4.03. The van der Waals surface area contributed by atoms with E-state index in [9.17, 15) is 14.7 Å². The van der Waals surface area contributed by atoms with Crippen LogP contribution in [0.15, 0.2) is 81.2 Å². The van der Waals surface area contributed by atoms with Gasteiger partial charge in [-0.25, -0.2) is 0 Å². The minimum absolute atomic E-state index is 0.0452. The first-order valence-corrected chi connectivity index (χ1v) is 11.2. The maximum absolute atomic E-state index is 13.4. The number of aliphatic hydroxyl groups is 1. The molecule has 0 bridgehead atoms. The Balaban J connectivity index is 1.58. The second-order valence-electron chi connectivity index (χ2n) is 8.56. The molecule has 2 atom stereocenters. The molecule has 5 rings (SSSR count). The van der Waals surface area contributed by atoms with E-state index in [-0.39, 0.29) is 23.9 Å².